The number of esters is 1. The molecule has 1 atom stereocenters. The smallest absolute Gasteiger partial charge is 0.363 e. The Kier molecular flexibility index (Phi) is 3.37. The molecule has 1 aromatic carbocycles. The molecule has 0 spiro atoms. The molecule has 1 aliphatic carbocycles. The van der Waals surface area contributed by atoms with Crippen LogP contribution in [0.2, 0.25) is 0 Å². The van der Waals surface area contributed by atoms with Gasteiger partial charge in [0.1, 0.15) is 5.75 Å². The van der Waals surface area contributed by atoms with Crippen LogP contribution in [0.1, 0.15) is 56.2 Å². The normalized spacial score (nSPS) is 16.9. The fraction of sp³-hybridized carbons (Fsp3) is 0.312. The van der Waals surface area contributed by atoms with Crippen LogP contribution < -0.4 is 4.74 Å². The van der Waals surface area contributed by atoms with E-state index in [4.69, 9.17) is 4.74 Å². The van der Waals surface area contributed by atoms with Crippen LogP contribution in [-0.4, -0.2) is 16.7 Å². The topological polar surface area (TPSA) is 56.3 Å². The van der Waals surface area contributed by atoms with E-state index in [-0.39, 0.29) is 17.4 Å². The molecule has 4 nitrogen and oxygen atoms in total. The lowest BCUT2D eigenvalue weighted by atomic mass is 9.97. The number of rotatable bonds is 2. The molecule has 0 N–H and O–H groups in total. The van der Waals surface area contributed by atoms with Gasteiger partial charge < -0.3 is 4.74 Å². The number of nitrogens with zero attached hydrogens (tertiary/aromatic N) is 1. The number of thiazole rings is 1. The number of ketones is 1. The zero-order chi connectivity index (χ0) is 15.1. The van der Waals surface area contributed by atoms with Crippen molar-refractivity contribution < 1.29 is 14.3 Å². The number of fused-ring (bicyclic) bond motifs is 1. The summed E-state index contributed by atoms with van der Waals surface area (Å²) >= 11 is 1.39. The molecule has 0 amide bonds. The second-order valence-corrected chi connectivity index (χ2v) is 6.40. The second kappa shape index (κ2) is 5.07. The van der Waals surface area contributed by atoms with Crippen molar-refractivity contribution in [2.45, 2.75) is 33.1 Å². The minimum absolute atomic E-state index is 0.0402. The SMILES string of the molecule is Cc1nc(C(=O)Oc2ccc(C)c3c2C(=O)CC3C)cs1. The van der Waals surface area contributed by atoms with Crippen LogP contribution in [0, 0.1) is 13.8 Å². The van der Waals surface area contributed by atoms with E-state index in [1.54, 1.807) is 11.4 Å². The molecule has 0 fully saturated rings. The molecule has 1 aliphatic rings. The van der Waals surface area contributed by atoms with Crippen molar-refractivity contribution in [3.63, 3.8) is 0 Å². The van der Waals surface area contributed by atoms with E-state index >= 15 is 0 Å². The van der Waals surface area contributed by atoms with Crippen molar-refractivity contribution in [2.75, 3.05) is 0 Å². The number of carbonyl (C=O) groups excluding carboxylic acids is 2. The van der Waals surface area contributed by atoms with Gasteiger partial charge in [0.25, 0.3) is 0 Å². The van der Waals surface area contributed by atoms with Gasteiger partial charge in [-0.15, -0.1) is 11.3 Å². The molecule has 2 aromatic rings. The third-order valence-electron chi connectivity index (χ3n) is 3.72. The number of hydrogen-bond donors (Lipinski definition) is 0. The minimum Gasteiger partial charge on any atom is -0.421 e. The van der Waals surface area contributed by atoms with Crippen molar-refractivity contribution in [1.29, 1.82) is 0 Å². The molecule has 1 unspecified atom stereocenters. The van der Waals surface area contributed by atoms with Crippen LogP contribution >= 0.6 is 11.3 Å². The highest BCUT2D eigenvalue weighted by atomic mass is 32.1. The van der Waals surface area contributed by atoms with E-state index in [1.807, 2.05) is 26.8 Å². The van der Waals surface area contributed by atoms with Gasteiger partial charge in [0.2, 0.25) is 0 Å². The Morgan fingerprint density at radius 2 is 2.14 bits per heavy atom. The van der Waals surface area contributed by atoms with Gasteiger partial charge in [0, 0.05) is 11.8 Å². The maximum atomic E-state index is 12.2. The Balaban J connectivity index is 1.98. The molecule has 5 heteroatoms. The standard InChI is InChI=1S/C16H15NO3S/c1-8-4-5-13(15-12(18)6-9(2)14(8)15)20-16(19)11-7-21-10(3)17-11/h4-5,7,9H,6H2,1-3H3. The van der Waals surface area contributed by atoms with Gasteiger partial charge in [-0.1, -0.05) is 13.0 Å². The molecule has 0 saturated heterocycles. The molecule has 1 aromatic heterocycles. The van der Waals surface area contributed by atoms with Gasteiger partial charge in [-0.3, -0.25) is 4.79 Å². The van der Waals surface area contributed by atoms with Crippen LogP contribution in [0.5, 0.6) is 5.75 Å². The van der Waals surface area contributed by atoms with Crippen molar-refractivity contribution in [3.8, 4) is 5.75 Å². The predicted octanol–water partition coefficient (Wildman–Crippen LogP) is 3.67. The summed E-state index contributed by atoms with van der Waals surface area (Å²) in [6, 6.07) is 3.59. The first-order chi connectivity index (χ1) is 9.97. The number of aryl methyl sites for hydroxylation is 2. The van der Waals surface area contributed by atoms with E-state index in [1.165, 1.54) is 11.3 Å². The Hall–Kier alpha value is -2.01. The number of benzene rings is 1. The highest BCUT2D eigenvalue weighted by Crippen LogP contribution is 2.40. The van der Waals surface area contributed by atoms with Crippen molar-refractivity contribution in [2.24, 2.45) is 0 Å². The molecular weight excluding hydrogens is 286 g/mol. The van der Waals surface area contributed by atoms with Gasteiger partial charge >= 0.3 is 5.97 Å². The lowest BCUT2D eigenvalue weighted by molar-refractivity contribution is 0.0727. The Labute approximate surface area is 126 Å². The monoisotopic (exact) mass is 301 g/mol. The molecule has 3 rings (SSSR count). The first kappa shape index (κ1) is 13.9. The Morgan fingerprint density at radius 1 is 1.38 bits per heavy atom. The average molecular weight is 301 g/mol. The third-order valence-corrected chi connectivity index (χ3v) is 4.49. The van der Waals surface area contributed by atoms with Crippen LogP contribution in [-0.2, 0) is 0 Å². The zero-order valence-corrected chi connectivity index (χ0v) is 12.9. The van der Waals surface area contributed by atoms with Gasteiger partial charge in [-0.05, 0) is 37.0 Å². The summed E-state index contributed by atoms with van der Waals surface area (Å²) in [6.45, 7) is 5.83. The Morgan fingerprint density at radius 3 is 2.81 bits per heavy atom. The van der Waals surface area contributed by atoms with Gasteiger partial charge in [0.05, 0.1) is 10.6 Å². The highest BCUT2D eigenvalue weighted by molar-refractivity contribution is 7.09. The van der Waals surface area contributed by atoms with Crippen LogP contribution in [0.15, 0.2) is 17.5 Å². The van der Waals surface area contributed by atoms with Crippen LogP contribution in [0.3, 0.4) is 0 Å². The molecule has 108 valence electrons. The minimum atomic E-state index is -0.516. The summed E-state index contributed by atoms with van der Waals surface area (Å²) in [4.78, 5) is 28.4. The van der Waals surface area contributed by atoms with E-state index in [9.17, 15) is 9.59 Å². The molecule has 1 heterocycles. The number of carbonyl (C=O) groups is 2. The largest absolute Gasteiger partial charge is 0.421 e. The van der Waals surface area contributed by atoms with Crippen molar-refractivity contribution in [3.05, 3.63) is 44.9 Å². The third kappa shape index (κ3) is 2.38. The summed E-state index contributed by atoms with van der Waals surface area (Å²) < 4.78 is 5.41. The molecule has 21 heavy (non-hydrogen) atoms. The molecule has 0 aliphatic heterocycles. The molecule has 0 bridgehead atoms. The molecule has 0 saturated carbocycles. The van der Waals surface area contributed by atoms with Gasteiger partial charge in [-0.25, -0.2) is 9.78 Å². The summed E-state index contributed by atoms with van der Waals surface area (Å²) in [5.41, 5.74) is 2.90. The average Bonchev–Trinajstić information content (AvgIpc) is 2.98. The number of hydrogen-bond acceptors (Lipinski definition) is 5. The van der Waals surface area contributed by atoms with Gasteiger partial charge in [-0.2, -0.15) is 0 Å². The van der Waals surface area contributed by atoms with Crippen molar-refractivity contribution >= 4 is 23.1 Å². The zero-order valence-electron chi connectivity index (χ0n) is 12.1. The highest BCUT2D eigenvalue weighted by Gasteiger charge is 2.32. The summed E-state index contributed by atoms with van der Waals surface area (Å²) in [5, 5.41) is 2.47. The molecule has 0 radical (unpaired) electrons. The van der Waals surface area contributed by atoms with Crippen LogP contribution in [0.25, 0.3) is 0 Å². The van der Waals surface area contributed by atoms with Gasteiger partial charge in [0.15, 0.2) is 11.5 Å². The fourth-order valence-corrected chi connectivity index (χ4v) is 3.39. The summed E-state index contributed by atoms with van der Waals surface area (Å²) in [7, 11) is 0. The number of ether oxygens (including phenoxy) is 1. The maximum Gasteiger partial charge on any atom is 0.363 e. The Bertz CT molecular complexity index is 748. The lowest BCUT2D eigenvalue weighted by Crippen LogP contribution is -2.11. The second-order valence-electron chi connectivity index (χ2n) is 5.34. The van der Waals surface area contributed by atoms with E-state index in [0.717, 1.165) is 16.1 Å². The lowest BCUT2D eigenvalue weighted by Gasteiger charge is -2.11. The van der Waals surface area contributed by atoms with Crippen molar-refractivity contribution in [1.82, 2.24) is 4.98 Å². The predicted molar refractivity (Wildman–Crippen MR) is 80.4 cm³/mol. The van der Waals surface area contributed by atoms with E-state index in [2.05, 4.69) is 4.98 Å². The first-order valence-electron chi connectivity index (χ1n) is 6.78. The number of Topliss-reactive ketones (excluding diaryl/α,β-unsaturated/α-hetero) is 1. The quantitative estimate of drug-likeness (QED) is 0.627. The first-order valence-corrected chi connectivity index (χ1v) is 7.66. The number of aromatic nitrogens is 1. The van der Waals surface area contributed by atoms with Crippen LogP contribution in [0.4, 0.5) is 0 Å². The molecular formula is C16H15NO3S. The maximum absolute atomic E-state index is 12.2. The summed E-state index contributed by atoms with van der Waals surface area (Å²) in [6.07, 6.45) is 0.473. The fourth-order valence-electron chi connectivity index (χ4n) is 2.80. The summed E-state index contributed by atoms with van der Waals surface area (Å²) in [5.74, 6) is 0.0458. The van der Waals surface area contributed by atoms with E-state index < -0.39 is 5.97 Å². The van der Waals surface area contributed by atoms with E-state index in [0.29, 0.717) is 17.7 Å².